The summed E-state index contributed by atoms with van der Waals surface area (Å²) >= 11 is 6.13. The van der Waals surface area contributed by atoms with Crippen LogP contribution in [0.25, 0.3) is 0 Å². The number of aliphatic hydroxyl groups is 1. The lowest BCUT2D eigenvalue weighted by molar-refractivity contribution is -0.148. The number of benzene rings is 2. The number of likely N-dealkylation sites (tertiary alicyclic amines) is 1. The first kappa shape index (κ1) is 28.6. The van der Waals surface area contributed by atoms with Crippen LogP contribution in [0.1, 0.15) is 25.8 Å². The number of aliphatic hydroxyl groups excluding tert-OH is 1. The molecule has 2 aromatic rings. The van der Waals surface area contributed by atoms with Crippen LogP contribution in [0.4, 0.5) is 5.69 Å². The summed E-state index contributed by atoms with van der Waals surface area (Å²) < 4.78 is 6.76. The summed E-state index contributed by atoms with van der Waals surface area (Å²) in [6, 6.07) is 15.1. The Hall–Kier alpha value is -3.46. The van der Waals surface area contributed by atoms with Gasteiger partial charge in [0.15, 0.2) is 0 Å². The zero-order chi connectivity index (χ0) is 29.6. The lowest BCUT2D eigenvalue weighted by Gasteiger charge is -2.40. The van der Waals surface area contributed by atoms with Crippen molar-refractivity contribution in [1.82, 2.24) is 9.80 Å². The number of rotatable bonds is 7. The molecule has 42 heavy (non-hydrogen) atoms. The molecule has 1 N–H and O–H groups in total. The van der Waals surface area contributed by atoms with Crippen molar-refractivity contribution in [3.05, 3.63) is 89.5 Å². The summed E-state index contributed by atoms with van der Waals surface area (Å²) in [5.41, 5.74) is 0.272. The van der Waals surface area contributed by atoms with Crippen LogP contribution in [0, 0.1) is 17.8 Å². The molecule has 2 fully saturated rings. The molecule has 8 nitrogen and oxygen atoms in total. The van der Waals surface area contributed by atoms with Crippen molar-refractivity contribution in [3.8, 4) is 0 Å². The highest BCUT2D eigenvalue weighted by atomic mass is 35.5. The fourth-order valence-electron chi connectivity index (χ4n) is 7.10. The van der Waals surface area contributed by atoms with E-state index in [0.717, 1.165) is 5.56 Å². The monoisotopic (exact) mass is 589 g/mol. The van der Waals surface area contributed by atoms with Crippen LogP contribution in [-0.2, 0) is 25.7 Å². The van der Waals surface area contributed by atoms with E-state index in [-0.39, 0.29) is 36.8 Å². The predicted octanol–water partition coefficient (Wildman–Crippen LogP) is 3.83. The Morgan fingerprint density at radius 2 is 1.74 bits per heavy atom. The van der Waals surface area contributed by atoms with Gasteiger partial charge in [-0.1, -0.05) is 86.5 Å². The second-order valence-electron chi connectivity index (χ2n) is 11.7. The van der Waals surface area contributed by atoms with Crippen molar-refractivity contribution in [2.24, 2.45) is 17.8 Å². The number of nitrogens with zero attached hydrogens (tertiary/aromatic N) is 3. The van der Waals surface area contributed by atoms with Crippen LogP contribution < -0.4 is 4.90 Å². The van der Waals surface area contributed by atoms with Crippen molar-refractivity contribution in [2.45, 2.75) is 50.6 Å². The number of carbonyl (C=O) groups is 3. The van der Waals surface area contributed by atoms with E-state index in [0.29, 0.717) is 30.2 Å². The van der Waals surface area contributed by atoms with Gasteiger partial charge < -0.3 is 24.5 Å². The van der Waals surface area contributed by atoms with Gasteiger partial charge in [-0.25, -0.2) is 0 Å². The molecule has 220 valence electrons. The largest absolute Gasteiger partial charge is 0.394 e. The third-order valence-corrected chi connectivity index (χ3v) is 9.63. The molecular weight excluding hydrogens is 554 g/mol. The molecule has 4 heterocycles. The molecule has 0 saturated carbocycles. The zero-order valence-corrected chi connectivity index (χ0v) is 24.6. The number of anilines is 1. The quantitative estimate of drug-likeness (QED) is 0.496. The summed E-state index contributed by atoms with van der Waals surface area (Å²) in [4.78, 5) is 48.4. The van der Waals surface area contributed by atoms with E-state index in [9.17, 15) is 19.5 Å². The molecule has 0 bridgehead atoms. The Morgan fingerprint density at radius 1 is 1.00 bits per heavy atom. The van der Waals surface area contributed by atoms with Crippen LogP contribution in [0.15, 0.2) is 78.9 Å². The molecule has 4 aliphatic heterocycles. The van der Waals surface area contributed by atoms with Crippen LogP contribution in [-0.4, -0.2) is 76.1 Å². The molecule has 0 aromatic heterocycles. The summed E-state index contributed by atoms with van der Waals surface area (Å²) in [5.74, 6) is -2.62. The van der Waals surface area contributed by atoms with Gasteiger partial charge in [0.1, 0.15) is 11.6 Å². The van der Waals surface area contributed by atoms with E-state index < -0.39 is 35.6 Å². The van der Waals surface area contributed by atoms with Gasteiger partial charge in [0, 0.05) is 30.3 Å². The fraction of sp³-hybridized carbons (Fsp3) is 0.424. The molecule has 4 aliphatic rings. The van der Waals surface area contributed by atoms with Crippen molar-refractivity contribution in [1.29, 1.82) is 0 Å². The van der Waals surface area contributed by atoms with Gasteiger partial charge in [0.2, 0.25) is 11.8 Å². The van der Waals surface area contributed by atoms with Gasteiger partial charge in [0.25, 0.3) is 5.91 Å². The highest BCUT2D eigenvalue weighted by molar-refractivity contribution is 6.30. The van der Waals surface area contributed by atoms with Crippen molar-refractivity contribution in [3.63, 3.8) is 0 Å². The highest BCUT2D eigenvalue weighted by Gasteiger charge is 2.72. The Labute approximate surface area is 251 Å². The van der Waals surface area contributed by atoms with Crippen LogP contribution in [0.3, 0.4) is 0 Å². The SMILES string of the molecule is CC[C@H](C)[C@H](CO)N1C(=O)[C@@H]2[C@H]3C(=O)N(Cc4ccccc4)CC=C[C@H]3O[C@@]23C=CCN(c2ccc(Cl)cc2)C(=O)C13. The average Bonchev–Trinajstić information content (AvgIpc) is 3.32. The number of carbonyl (C=O) groups excluding carboxylic acids is 3. The van der Waals surface area contributed by atoms with E-state index >= 15 is 0 Å². The molecule has 2 saturated heterocycles. The molecule has 7 atom stereocenters. The molecule has 0 radical (unpaired) electrons. The maximum Gasteiger partial charge on any atom is 0.253 e. The minimum absolute atomic E-state index is 0.0889. The molecular formula is C33H36ClN3O5. The predicted molar refractivity (Wildman–Crippen MR) is 159 cm³/mol. The summed E-state index contributed by atoms with van der Waals surface area (Å²) in [7, 11) is 0. The molecule has 1 spiro atoms. The van der Waals surface area contributed by atoms with Gasteiger partial charge >= 0.3 is 0 Å². The Morgan fingerprint density at radius 3 is 2.43 bits per heavy atom. The van der Waals surface area contributed by atoms with E-state index in [1.807, 2.05) is 68.5 Å². The standard InChI is InChI=1S/C33H36ClN3O5/c1-3-21(2)25(20-38)37-29-32(41)36(24-14-12-23(34)13-15-24)18-8-16-33(29)28(31(37)40)27-26(42-33)11-7-17-35(30(27)39)19-22-9-5-4-6-10-22/h4-16,21,25-29,38H,3,17-20H2,1-2H3/t21-,25-,26+,27-,28-,29?,33-/m0/s1. The van der Waals surface area contributed by atoms with Gasteiger partial charge in [-0.15, -0.1) is 0 Å². The smallest absolute Gasteiger partial charge is 0.253 e. The number of amides is 3. The minimum Gasteiger partial charge on any atom is -0.394 e. The van der Waals surface area contributed by atoms with Crippen molar-refractivity contribution < 1.29 is 24.2 Å². The van der Waals surface area contributed by atoms with Crippen LogP contribution >= 0.6 is 11.6 Å². The fourth-order valence-corrected chi connectivity index (χ4v) is 7.23. The van der Waals surface area contributed by atoms with Crippen molar-refractivity contribution >= 4 is 35.0 Å². The van der Waals surface area contributed by atoms with E-state index in [4.69, 9.17) is 16.3 Å². The van der Waals surface area contributed by atoms with Gasteiger partial charge in [-0.2, -0.15) is 0 Å². The number of fused-ring (bicyclic) bond motifs is 2. The Balaban J connectivity index is 1.44. The molecule has 0 aliphatic carbocycles. The molecule has 2 aromatic carbocycles. The van der Waals surface area contributed by atoms with Gasteiger partial charge in [-0.05, 0) is 35.7 Å². The van der Waals surface area contributed by atoms with Gasteiger partial charge in [0.05, 0.1) is 30.6 Å². The van der Waals surface area contributed by atoms with E-state index in [1.165, 1.54) is 0 Å². The maximum absolute atomic E-state index is 14.6. The molecule has 3 amide bonds. The third kappa shape index (κ3) is 4.57. The second-order valence-corrected chi connectivity index (χ2v) is 12.1. The number of hydrogen-bond acceptors (Lipinski definition) is 5. The summed E-state index contributed by atoms with van der Waals surface area (Å²) in [6.45, 7) is 4.72. The maximum atomic E-state index is 14.6. The number of halogens is 1. The second kappa shape index (κ2) is 11.3. The molecule has 9 heteroatoms. The Bertz CT molecular complexity index is 1410. The highest BCUT2D eigenvalue weighted by Crippen LogP contribution is 2.54. The topological polar surface area (TPSA) is 90.4 Å². The third-order valence-electron chi connectivity index (χ3n) is 9.38. The lowest BCUT2D eigenvalue weighted by Crippen LogP contribution is -2.59. The first-order chi connectivity index (χ1) is 20.3. The van der Waals surface area contributed by atoms with E-state index in [1.54, 1.807) is 39.0 Å². The van der Waals surface area contributed by atoms with Crippen molar-refractivity contribution in [2.75, 3.05) is 24.6 Å². The lowest BCUT2D eigenvalue weighted by atomic mass is 9.77. The van der Waals surface area contributed by atoms with E-state index in [2.05, 4.69) is 0 Å². The summed E-state index contributed by atoms with van der Waals surface area (Å²) in [5, 5.41) is 11.1. The normalized spacial score (nSPS) is 30.1. The van der Waals surface area contributed by atoms with Crippen LogP contribution in [0.5, 0.6) is 0 Å². The average molecular weight is 590 g/mol. The molecule has 6 rings (SSSR count). The Kier molecular flexibility index (Phi) is 7.72. The molecule has 1 unspecified atom stereocenters. The first-order valence-electron chi connectivity index (χ1n) is 14.7. The first-order valence-corrected chi connectivity index (χ1v) is 15.0. The zero-order valence-electron chi connectivity index (χ0n) is 23.8. The minimum atomic E-state index is -1.36. The summed E-state index contributed by atoms with van der Waals surface area (Å²) in [6.07, 6.45) is 7.51. The number of hydrogen-bond donors (Lipinski definition) is 1. The van der Waals surface area contributed by atoms with Gasteiger partial charge in [-0.3, -0.25) is 14.4 Å². The number of ether oxygens (including phenoxy) is 1. The van der Waals surface area contributed by atoms with Crippen LogP contribution in [0.2, 0.25) is 5.02 Å².